The molecule has 10 nitrogen and oxygen atoms in total. The first-order chi connectivity index (χ1) is 19.1. The van der Waals surface area contributed by atoms with Crippen LogP contribution in [0.15, 0.2) is 65.7 Å². The van der Waals surface area contributed by atoms with E-state index in [1.54, 1.807) is 4.57 Å². The number of H-pyrrole nitrogens is 1. The summed E-state index contributed by atoms with van der Waals surface area (Å²) in [6.45, 7) is 4.08. The number of hydrogen-bond donors (Lipinski definition) is 1. The maximum atomic E-state index is 13.8. The van der Waals surface area contributed by atoms with Gasteiger partial charge in [-0.15, -0.1) is 5.10 Å². The van der Waals surface area contributed by atoms with E-state index >= 15 is 0 Å². The number of aromatic nitrogens is 8. The highest BCUT2D eigenvalue weighted by molar-refractivity contribution is 5.80. The Hall–Kier alpha value is -5.04. The smallest absolute Gasteiger partial charge is 0.257 e. The molecule has 0 atom stereocenters. The summed E-state index contributed by atoms with van der Waals surface area (Å²) in [5.41, 5.74) is 5.95. The summed E-state index contributed by atoms with van der Waals surface area (Å²) in [5.74, 6) is 1.20. The molecule has 5 aromatic rings. The molecule has 10 heteroatoms. The molecule has 0 aliphatic rings. The fourth-order valence-electron chi connectivity index (χ4n) is 4.62. The minimum Gasteiger partial charge on any atom is -0.290 e. The van der Waals surface area contributed by atoms with Crippen LogP contribution in [0.4, 0.5) is 0 Å². The van der Waals surface area contributed by atoms with Gasteiger partial charge in [-0.25, -0.2) is 15.1 Å². The van der Waals surface area contributed by atoms with Gasteiger partial charge in [0.2, 0.25) is 0 Å². The maximum Gasteiger partial charge on any atom is 0.257 e. The van der Waals surface area contributed by atoms with Crippen LogP contribution in [-0.2, 0) is 19.4 Å². The van der Waals surface area contributed by atoms with Gasteiger partial charge in [-0.2, -0.15) is 5.26 Å². The van der Waals surface area contributed by atoms with Crippen LogP contribution in [0.5, 0.6) is 0 Å². The van der Waals surface area contributed by atoms with Crippen molar-refractivity contribution in [1.82, 2.24) is 40.1 Å². The zero-order valence-electron chi connectivity index (χ0n) is 21.8. The normalized spacial score (nSPS) is 10.9. The second kappa shape index (κ2) is 11.6. The van der Waals surface area contributed by atoms with Crippen molar-refractivity contribution in [1.29, 1.82) is 5.26 Å². The molecule has 0 spiro atoms. The second-order valence-electron chi connectivity index (χ2n) is 9.21. The van der Waals surface area contributed by atoms with Crippen molar-refractivity contribution in [3.05, 3.63) is 105 Å². The molecule has 0 saturated carbocycles. The second-order valence-corrected chi connectivity index (χ2v) is 9.21. The molecular formula is C29H27N9O. The standard InChI is InChI=1S/C29H27N9O/c1-3-4-9-25-24(29(39)38(19(2)33-25)18-27-26(17-30)31-14-15-32-27)16-20-10-12-21(13-11-20)22-7-5-6-8-23(22)28-34-36-37-35-28/h5-8,10-15H,3-4,9,16,18H2,1-2H3,(H,34,35,36,37). The van der Waals surface area contributed by atoms with Crippen molar-refractivity contribution in [2.24, 2.45) is 0 Å². The summed E-state index contributed by atoms with van der Waals surface area (Å²) in [4.78, 5) is 27.0. The van der Waals surface area contributed by atoms with Gasteiger partial charge in [0.15, 0.2) is 11.5 Å². The Morgan fingerprint density at radius 3 is 2.49 bits per heavy atom. The summed E-state index contributed by atoms with van der Waals surface area (Å²) in [5, 5.41) is 23.7. The monoisotopic (exact) mass is 517 g/mol. The number of aryl methyl sites for hydroxylation is 2. The largest absolute Gasteiger partial charge is 0.290 e. The van der Waals surface area contributed by atoms with Crippen LogP contribution in [0.2, 0.25) is 0 Å². The number of nitriles is 1. The van der Waals surface area contributed by atoms with Crippen molar-refractivity contribution >= 4 is 0 Å². The van der Waals surface area contributed by atoms with E-state index < -0.39 is 0 Å². The van der Waals surface area contributed by atoms with E-state index in [4.69, 9.17) is 4.98 Å². The number of aromatic amines is 1. The van der Waals surface area contributed by atoms with E-state index in [0.29, 0.717) is 29.3 Å². The lowest BCUT2D eigenvalue weighted by atomic mass is 9.96. The first-order valence-corrected chi connectivity index (χ1v) is 12.8. The maximum absolute atomic E-state index is 13.8. The Balaban J connectivity index is 1.49. The lowest BCUT2D eigenvalue weighted by Gasteiger charge is -2.16. The van der Waals surface area contributed by atoms with Crippen LogP contribution in [0, 0.1) is 18.3 Å². The highest BCUT2D eigenvalue weighted by atomic mass is 16.1. The van der Waals surface area contributed by atoms with Crippen molar-refractivity contribution in [3.8, 4) is 28.6 Å². The van der Waals surface area contributed by atoms with E-state index in [1.807, 2.05) is 55.5 Å². The molecule has 0 radical (unpaired) electrons. The molecule has 39 heavy (non-hydrogen) atoms. The van der Waals surface area contributed by atoms with Crippen molar-refractivity contribution in [2.45, 2.75) is 46.1 Å². The quantitative estimate of drug-likeness (QED) is 0.309. The molecule has 1 N–H and O–H groups in total. The number of tetrazole rings is 1. The molecule has 0 amide bonds. The number of benzene rings is 2. The molecule has 0 saturated heterocycles. The highest BCUT2D eigenvalue weighted by Crippen LogP contribution is 2.30. The van der Waals surface area contributed by atoms with E-state index in [2.05, 4.69) is 43.6 Å². The lowest BCUT2D eigenvalue weighted by Crippen LogP contribution is -2.30. The topological polar surface area (TPSA) is 139 Å². The molecule has 2 aromatic carbocycles. The molecule has 0 bridgehead atoms. The van der Waals surface area contributed by atoms with Crippen LogP contribution in [0.25, 0.3) is 22.5 Å². The Kier molecular flexibility index (Phi) is 7.59. The fraction of sp³-hybridized carbons (Fsp3) is 0.241. The number of nitrogens with zero attached hydrogens (tertiary/aromatic N) is 8. The minimum atomic E-state index is -0.115. The van der Waals surface area contributed by atoms with Gasteiger partial charge < -0.3 is 0 Å². The van der Waals surface area contributed by atoms with Crippen molar-refractivity contribution in [2.75, 3.05) is 0 Å². The molecule has 3 heterocycles. The predicted octanol–water partition coefficient (Wildman–Crippen LogP) is 4.04. The molecule has 3 aromatic heterocycles. The first kappa shape index (κ1) is 25.6. The summed E-state index contributed by atoms with van der Waals surface area (Å²) >= 11 is 0. The summed E-state index contributed by atoms with van der Waals surface area (Å²) < 4.78 is 1.59. The fourth-order valence-corrected chi connectivity index (χ4v) is 4.62. The van der Waals surface area contributed by atoms with Crippen molar-refractivity contribution < 1.29 is 0 Å². The zero-order chi connectivity index (χ0) is 27.2. The van der Waals surface area contributed by atoms with Gasteiger partial charge in [0, 0.05) is 29.9 Å². The highest BCUT2D eigenvalue weighted by Gasteiger charge is 2.18. The van der Waals surface area contributed by atoms with E-state index in [1.165, 1.54) is 12.4 Å². The number of unbranched alkanes of at least 4 members (excludes halogenated alkanes) is 1. The molecule has 0 aliphatic heterocycles. The van der Waals surface area contributed by atoms with Gasteiger partial charge in [-0.1, -0.05) is 61.9 Å². The molecule has 5 rings (SSSR count). The van der Waals surface area contributed by atoms with Crippen LogP contribution in [0.3, 0.4) is 0 Å². The van der Waals surface area contributed by atoms with Crippen LogP contribution in [0.1, 0.15) is 53.8 Å². The van der Waals surface area contributed by atoms with Gasteiger partial charge in [-0.05, 0) is 46.9 Å². The third-order valence-corrected chi connectivity index (χ3v) is 6.67. The SMILES string of the molecule is CCCCc1nc(C)n(Cc2nccnc2C#N)c(=O)c1Cc1ccc(-c2ccccc2-c2nnn[nH]2)cc1. The van der Waals surface area contributed by atoms with E-state index in [0.717, 1.165) is 47.2 Å². The van der Waals surface area contributed by atoms with Crippen LogP contribution in [-0.4, -0.2) is 40.1 Å². The molecule has 0 fully saturated rings. The summed E-state index contributed by atoms with van der Waals surface area (Å²) in [7, 11) is 0. The third-order valence-electron chi connectivity index (χ3n) is 6.67. The number of rotatable bonds is 9. The lowest BCUT2D eigenvalue weighted by molar-refractivity contribution is 0.650. The van der Waals surface area contributed by atoms with Gasteiger partial charge in [0.05, 0.1) is 17.9 Å². The summed E-state index contributed by atoms with van der Waals surface area (Å²) in [6, 6.07) is 18.1. The third kappa shape index (κ3) is 5.48. The van der Waals surface area contributed by atoms with Gasteiger partial charge in [0.25, 0.3) is 5.56 Å². The molecule has 194 valence electrons. The minimum absolute atomic E-state index is 0.115. The average Bonchev–Trinajstić information content (AvgIpc) is 3.51. The Labute approximate surface area is 225 Å². The number of nitrogens with one attached hydrogen (secondary N) is 1. The predicted molar refractivity (Wildman–Crippen MR) is 146 cm³/mol. The Bertz CT molecular complexity index is 1680. The first-order valence-electron chi connectivity index (χ1n) is 12.8. The molecule has 0 unspecified atom stereocenters. The van der Waals surface area contributed by atoms with Crippen LogP contribution >= 0.6 is 0 Å². The zero-order valence-corrected chi connectivity index (χ0v) is 21.8. The van der Waals surface area contributed by atoms with E-state index in [-0.39, 0.29) is 17.8 Å². The van der Waals surface area contributed by atoms with E-state index in [9.17, 15) is 10.1 Å². The van der Waals surface area contributed by atoms with Crippen molar-refractivity contribution in [3.63, 3.8) is 0 Å². The van der Waals surface area contributed by atoms with Crippen LogP contribution < -0.4 is 5.56 Å². The molecule has 0 aliphatic carbocycles. The molecular weight excluding hydrogens is 490 g/mol. The van der Waals surface area contributed by atoms with Gasteiger partial charge >= 0.3 is 0 Å². The Morgan fingerprint density at radius 1 is 1.00 bits per heavy atom. The number of hydrogen-bond acceptors (Lipinski definition) is 8. The Morgan fingerprint density at radius 2 is 1.77 bits per heavy atom. The summed E-state index contributed by atoms with van der Waals surface area (Å²) in [6.07, 6.45) is 6.12. The van der Waals surface area contributed by atoms with Gasteiger partial charge in [0.1, 0.15) is 11.9 Å². The average molecular weight is 518 g/mol. The van der Waals surface area contributed by atoms with Gasteiger partial charge in [-0.3, -0.25) is 14.3 Å².